The molecule has 0 spiro atoms. The Kier molecular flexibility index (Phi) is 4.66. The first kappa shape index (κ1) is 13.0. The Morgan fingerprint density at radius 3 is 2.44 bits per heavy atom. The zero-order chi connectivity index (χ0) is 12.8. The lowest BCUT2D eigenvalue weighted by Crippen LogP contribution is -2.04. The standard InChI is InChI=1S/C13H14BrN3O/c14-10-1-2-12(16-7-10)9-18-13-4-3-11(5-6-15)17-8-13/h1-4,7-8H,5-6,9,15H2. The summed E-state index contributed by atoms with van der Waals surface area (Å²) in [4.78, 5) is 8.49. The minimum Gasteiger partial charge on any atom is -0.486 e. The molecule has 2 aromatic heterocycles. The second-order valence-corrected chi connectivity index (χ2v) is 4.70. The van der Waals surface area contributed by atoms with Crippen LogP contribution in [0.3, 0.4) is 0 Å². The van der Waals surface area contributed by atoms with Gasteiger partial charge in [-0.05, 0) is 46.7 Å². The van der Waals surface area contributed by atoms with Gasteiger partial charge in [0, 0.05) is 22.8 Å². The molecule has 0 amide bonds. The molecule has 5 heteroatoms. The summed E-state index contributed by atoms with van der Waals surface area (Å²) in [7, 11) is 0. The van der Waals surface area contributed by atoms with E-state index in [4.69, 9.17) is 10.5 Å². The third-order valence-corrected chi connectivity index (χ3v) is 2.84. The number of aromatic nitrogens is 2. The molecule has 94 valence electrons. The van der Waals surface area contributed by atoms with Crippen molar-refractivity contribution in [2.75, 3.05) is 6.54 Å². The molecule has 0 saturated carbocycles. The molecule has 0 aromatic carbocycles. The van der Waals surface area contributed by atoms with Crippen molar-refractivity contribution in [1.29, 1.82) is 0 Å². The smallest absolute Gasteiger partial charge is 0.138 e. The van der Waals surface area contributed by atoms with Gasteiger partial charge in [-0.15, -0.1) is 0 Å². The highest BCUT2D eigenvalue weighted by Gasteiger charge is 1.99. The fourth-order valence-electron chi connectivity index (χ4n) is 1.44. The van der Waals surface area contributed by atoms with Crippen LogP contribution in [-0.2, 0) is 13.0 Å². The van der Waals surface area contributed by atoms with Crippen molar-refractivity contribution in [1.82, 2.24) is 9.97 Å². The summed E-state index contributed by atoms with van der Waals surface area (Å²) in [6.45, 7) is 1.04. The number of nitrogens with two attached hydrogens (primary N) is 1. The fraction of sp³-hybridized carbons (Fsp3) is 0.231. The summed E-state index contributed by atoms with van der Waals surface area (Å²) < 4.78 is 6.55. The minimum atomic E-state index is 0.436. The van der Waals surface area contributed by atoms with Crippen LogP contribution in [0.1, 0.15) is 11.4 Å². The number of halogens is 1. The van der Waals surface area contributed by atoms with Crippen LogP contribution in [0.4, 0.5) is 0 Å². The molecule has 0 atom stereocenters. The van der Waals surface area contributed by atoms with Crippen molar-refractivity contribution in [3.63, 3.8) is 0 Å². The molecule has 2 rings (SSSR count). The molecule has 0 aliphatic heterocycles. The Balaban J connectivity index is 1.91. The lowest BCUT2D eigenvalue weighted by atomic mass is 10.3. The number of hydrogen-bond acceptors (Lipinski definition) is 4. The third kappa shape index (κ3) is 3.78. The first-order chi connectivity index (χ1) is 8.78. The van der Waals surface area contributed by atoms with Crippen LogP contribution in [0.2, 0.25) is 0 Å². The number of ether oxygens (including phenoxy) is 1. The minimum absolute atomic E-state index is 0.436. The molecule has 2 N–H and O–H groups in total. The van der Waals surface area contributed by atoms with Crippen LogP contribution in [0.25, 0.3) is 0 Å². The van der Waals surface area contributed by atoms with Crippen molar-refractivity contribution >= 4 is 15.9 Å². The van der Waals surface area contributed by atoms with Crippen molar-refractivity contribution in [3.8, 4) is 5.75 Å². The van der Waals surface area contributed by atoms with Gasteiger partial charge in [0.15, 0.2) is 0 Å². The maximum absolute atomic E-state index is 5.59. The Morgan fingerprint density at radius 2 is 1.83 bits per heavy atom. The van der Waals surface area contributed by atoms with Crippen LogP contribution < -0.4 is 10.5 Å². The van der Waals surface area contributed by atoms with Crippen LogP contribution in [0.5, 0.6) is 5.75 Å². The summed E-state index contributed by atoms with van der Waals surface area (Å²) in [6, 6.07) is 7.68. The molecule has 0 aliphatic rings. The summed E-state index contributed by atoms with van der Waals surface area (Å²) in [5, 5.41) is 0. The maximum atomic E-state index is 5.59. The predicted molar refractivity (Wildman–Crippen MR) is 73.3 cm³/mol. The van der Waals surface area contributed by atoms with E-state index in [1.54, 1.807) is 12.4 Å². The Morgan fingerprint density at radius 1 is 1.06 bits per heavy atom. The quantitative estimate of drug-likeness (QED) is 0.921. The third-order valence-electron chi connectivity index (χ3n) is 2.37. The Bertz CT molecular complexity index is 485. The largest absolute Gasteiger partial charge is 0.486 e. The Hall–Kier alpha value is -1.46. The van der Waals surface area contributed by atoms with Crippen LogP contribution in [0, 0.1) is 0 Å². The maximum Gasteiger partial charge on any atom is 0.138 e. The molecule has 0 aliphatic carbocycles. The lowest BCUT2D eigenvalue weighted by molar-refractivity contribution is 0.300. The van der Waals surface area contributed by atoms with E-state index < -0.39 is 0 Å². The summed E-state index contributed by atoms with van der Waals surface area (Å²) in [6.07, 6.45) is 4.25. The molecule has 2 heterocycles. The van der Waals surface area contributed by atoms with Crippen molar-refractivity contribution in [2.24, 2.45) is 5.73 Å². The molecule has 0 unspecified atom stereocenters. The molecule has 0 fully saturated rings. The van der Waals surface area contributed by atoms with Gasteiger partial charge in [0.1, 0.15) is 12.4 Å². The molecular formula is C13H14BrN3O. The van der Waals surface area contributed by atoms with Gasteiger partial charge in [-0.25, -0.2) is 0 Å². The van der Waals surface area contributed by atoms with E-state index in [0.29, 0.717) is 13.2 Å². The second kappa shape index (κ2) is 6.47. The molecular weight excluding hydrogens is 294 g/mol. The van der Waals surface area contributed by atoms with E-state index in [2.05, 4.69) is 25.9 Å². The van der Waals surface area contributed by atoms with Gasteiger partial charge in [-0.3, -0.25) is 9.97 Å². The van der Waals surface area contributed by atoms with Crippen LogP contribution >= 0.6 is 15.9 Å². The van der Waals surface area contributed by atoms with E-state index in [-0.39, 0.29) is 0 Å². The molecule has 0 bridgehead atoms. The first-order valence-corrected chi connectivity index (χ1v) is 6.45. The molecule has 4 nitrogen and oxygen atoms in total. The lowest BCUT2D eigenvalue weighted by Gasteiger charge is -2.06. The highest BCUT2D eigenvalue weighted by Crippen LogP contribution is 2.12. The molecule has 18 heavy (non-hydrogen) atoms. The van der Waals surface area contributed by atoms with Crippen molar-refractivity contribution in [2.45, 2.75) is 13.0 Å². The van der Waals surface area contributed by atoms with Gasteiger partial charge in [-0.1, -0.05) is 0 Å². The van der Waals surface area contributed by atoms with Gasteiger partial charge in [0.05, 0.1) is 11.9 Å². The second-order valence-electron chi connectivity index (χ2n) is 3.78. The van der Waals surface area contributed by atoms with E-state index in [1.807, 2.05) is 24.3 Å². The molecule has 0 saturated heterocycles. The zero-order valence-corrected chi connectivity index (χ0v) is 11.4. The summed E-state index contributed by atoms with van der Waals surface area (Å²) in [5.41, 5.74) is 7.32. The van der Waals surface area contributed by atoms with E-state index in [1.165, 1.54) is 0 Å². The van der Waals surface area contributed by atoms with Crippen LogP contribution in [0.15, 0.2) is 41.1 Å². The Labute approximate surface area is 114 Å². The summed E-state index contributed by atoms with van der Waals surface area (Å²) >= 11 is 3.34. The van der Waals surface area contributed by atoms with E-state index in [0.717, 1.165) is 28.0 Å². The number of nitrogens with zero attached hydrogens (tertiary/aromatic N) is 2. The van der Waals surface area contributed by atoms with Gasteiger partial charge in [0.2, 0.25) is 0 Å². The normalized spacial score (nSPS) is 10.3. The van der Waals surface area contributed by atoms with E-state index >= 15 is 0 Å². The monoisotopic (exact) mass is 307 g/mol. The number of hydrogen-bond donors (Lipinski definition) is 1. The van der Waals surface area contributed by atoms with Crippen molar-refractivity contribution in [3.05, 3.63) is 52.5 Å². The van der Waals surface area contributed by atoms with E-state index in [9.17, 15) is 0 Å². The number of pyridine rings is 2. The SMILES string of the molecule is NCCc1ccc(OCc2ccc(Br)cn2)cn1. The fourth-order valence-corrected chi connectivity index (χ4v) is 1.68. The van der Waals surface area contributed by atoms with Gasteiger partial charge < -0.3 is 10.5 Å². The summed E-state index contributed by atoms with van der Waals surface area (Å²) in [5.74, 6) is 0.737. The zero-order valence-electron chi connectivity index (χ0n) is 9.84. The molecule has 2 aromatic rings. The number of rotatable bonds is 5. The topological polar surface area (TPSA) is 61.0 Å². The van der Waals surface area contributed by atoms with Crippen LogP contribution in [-0.4, -0.2) is 16.5 Å². The predicted octanol–water partition coefficient (Wildman–Crippen LogP) is 2.32. The van der Waals surface area contributed by atoms with Gasteiger partial charge in [-0.2, -0.15) is 0 Å². The average Bonchev–Trinajstić information content (AvgIpc) is 2.40. The van der Waals surface area contributed by atoms with Gasteiger partial charge in [0.25, 0.3) is 0 Å². The highest BCUT2D eigenvalue weighted by molar-refractivity contribution is 9.10. The van der Waals surface area contributed by atoms with Gasteiger partial charge >= 0.3 is 0 Å². The molecule has 0 radical (unpaired) electrons. The first-order valence-electron chi connectivity index (χ1n) is 5.66. The average molecular weight is 308 g/mol. The highest BCUT2D eigenvalue weighted by atomic mass is 79.9. The van der Waals surface area contributed by atoms with Crippen molar-refractivity contribution < 1.29 is 4.74 Å².